The van der Waals surface area contributed by atoms with Crippen molar-refractivity contribution in [1.82, 2.24) is 29.6 Å². The molecule has 24 heavy (non-hydrogen) atoms. The van der Waals surface area contributed by atoms with Crippen molar-refractivity contribution in [2.45, 2.75) is 24.3 Å². The highest BCUT2D eigenvalue weighted by Crippen LogP contribution is 2.23. The van der Waals surface area contributed by atoms with Crippen molar-refractivity contribution in [3.05, 3.63) is 46.4 Å². The van der Waals surface area contributed by atoms with Crippen molar-refractivity contribution < 1.29 is 0 Å². The van der Waals surface area contributed by atoms with Crippen LogP contribution in [0.25, 0.3) is 11.4 Å². The van der Waals surface area contributed by atoms with Crippen LogP contribution >= 0.6 is 11.8 Å². The van der Waals surface area contributed by atoms with Gasteiger partial charge in [-0.2, -0.15) is 9.94 Å². The molecule has 0 saturated heterocycles. The standard InChI is InChI=1S/C15H15N7OS/c1-10(9-16)24-15-17-18-19-21(15)13-11(2)20(3)22(14(13)23)12-7-5-4-6-8-12/h4-8,10H,1-3H3/t10-/m1/s1. The van der Waals surface area contributed by atoms with E-state index in [9.17, 15) is 4.79 Å². The maximum Gasteiger partial charge on any atom is 0.297 e. The van der Waals surface area contributed by atoms with E-state index in [1.54, 1.807) is 16.3 Å². The van der Waals surface area contributed by atoms with Crippen LogP contribution < -0.4 is 5.56 Å². The smallest absolute Gasteiger partial charge is 0.283 e. The van der Waals surface area contributed by atoms with Gasteiger partial charge in [0.2, 0.25) is 5.16 Å². The van der Waals surface area contributed by atoms with E-state index in [2.05, 4.69) is 21.6 Å². The van der Waals surface area contributed by atoms with Gasteiger partial charge >= 0.3 is 0 Å². The van der Waals surface area contributed by atoms with Crippen LogP contribution in [0.2, 0.25) is 0 Å². The van der Waals surface area contributed by atoms with Crippen molar-refractivity contribution in [2.75, 3.05) is 0 Å². The minimum Gasteiger partial charge on any atom is -0.283 e. The van der Waals surface area contributed by atoms with E-state index in [1.165, 1.54) is 16.4 Å². The molecular formula is C15H15N7OS. The topological polar surface area (TPSA) is 94.3 Å². The third-order valence-corrected chi connectivity index (χ3v) is 4.56. The summed E-state index contributed by atoms with van der Waals surface area (Å²) < 4.78 is 4.72. The van der Waals surface area contributed by atoms with Crippen molar-refractivity contribution >= 4 is 11.8 Å². The summed E-state index contributed by atoms with van der Waals surface area (Å²) >= 11 is 1.21. The molecule has 0 aliphatic heterocycles. The zero-order valence-electron chi connectivity index (χ0n) is 13.4. The first-order valence-electron chi connectivity index (χ1n) is 7.23. The number of thioether (sulfide) groups is 1. The number of benzene rings is 1. The Balaban J connectivity index is 2.17. The highest BCUT2D eigenvalue weighted by Gasteiger charge is 2.22. The Morgan fingerprint density at radius 1 is 1.29 bits per heavy atom. The summed E-state index contributed by atoms with van der Waals surface area (Å²) in [5.41, 5.74) is 1.63. The van der Waals surface area contributed by atoms with E-state index >= 15 is 0 Å². The molecule has 0 aliphatic carbocycles. The number of nitrogens with zero attached hydrogens (tertiary/aromatic N) is 7. The average molecular weight is 341 g/mol. The molecule has 0 amide bonds. The van der Waals surface area contributed by atoms with Crippen LogP contribution in [-0.4, -0.2) is 34.8 Å². The van der Waals surface area contributed by atoms with Gasteiger partial charge in [0.15, 0.2) is 5.69 Å². The molecule has 0 aliphatic rings. The molecule has 2 heterocycles. The summed E-state index contributed by atoms with van der Waals surface area (Å²) in [5, 5.41) is 20.6. The van der Waals surface area contributed by atoms with Gasteiger partial charge in [-0.1, -0.05) is 30.0 Å². The lowest BCUT2D eigenvalue weighted by Gasteiger charge is -2.07. The highest BCUT2D eigenvalue weighted by atomic mass is 32.2. The SMILES string of the molecule is Cc1c(-n2nnnc2S[C@H](C)C#N)c(=O)n(-c2ccccc2)n1C. The summed E-state index contributed by atoms with van der Waals surface area (Å²) in [4.78, 5) is 13.0. The Kier molecular flexibility index (Phi) is 4.22. The second-order valence-electron chi connectivity index (χ2n) is 5.17. The van der Waals surface area contributed by atoms with Gasteiger partial charge in [0.25, 0.3) is 5.56 Å². The lowest BCUT2D eigenvalue weighted by Crippen LogP contribution is -2.22. The van der Waals surface area contributed by atoms with Gasteiger partial charge in [-0.25, -0.2) is 4.68 Å². The fourth-order valence-electron chi connectivity index (χ4n) is 2.38. The first-order chi connectivity index (χ1) is 11.5. The van der Waals surface area contributed by atoms with Crippen molar-refractivity contribution in [3.63, 3.8) is 0 Å². The number of hydrogen-bond donors (Lipinski definition) is 0. The van der Waals surface area contributed by atoms with Crippen molar-refractivity contribution in [1.29, 1.82) is 5.26 Å². The Morgan fingerprint density at radius 3 is 2.67 bits per heavy atom. The summed E-state index contributed by atoms with van der Waals surface area (Å²) in [7, 11) is 1.81. The fraction of sp³-hybridized carbons (Fsp3) is 0.267. The number of nitriles is 1. The molecule has 2 aromatic heterocycles. The third-order valence-electron chi connectivity index (χ3n) is 3.64. The van der Waals surface area contributed by atoms with Crippen LogP contribution in [0.5, 0.6) is 0 Å². The maximum atomic E-state index is 13.0. The second-order valence-corrected chi connectivity index (χ2v) is 6.48. The fourth-order valence-corrected chi connectivity index (χ4v) is 3.06. The maximum absolute atomic E-state index is 13.0. The molecule has 1 atom stereocenters. The first-order valence-corrected chi connectivity index (χ1v) is 8.11. The number of hydrogen-bond acceptors (Lipinski definition) is 6. The number of aromatic nitrogens is 6. The number of para-hydroxylation sites is 1. The van der Waals surface area contributed by atoms with Gasteiger partial charge in [0, 0.05) is 7.05 Å². The lowest BCUT2D eigenvalue weighted by molar-refractivity contribution is 0.630. The quantitative estimate of drug-likeness (QED) is 0.667. The van der Waals surface area contributed by atoms with E-state index in [-0.39, 0.29) is 10.8 Å². The molecule has 0 fully saturated rings. The highest BCUT2D eigenvalue weighted by molar-refractivity contribution is 8.00. The van der Waals surface area contributed by atoms with E-state index in [0.717, 1.165) is 11.4 Å². The molecule has 0 unspecified atom stereocenters. The predicted molar refractivity (Wildman–Crippen MR) is 89.4 cm³/mol. The largest absolute Gasteiger partial charge is 0.297 e. The molecular weight excluding hydrogens is 326 g/mol. The minimum absolute atomic E-state index is 0.222. The van der Waals surface area contributed by atoms with E-state index in [0.29, 0.717) is 10.8 Å². The molecule has 3 rings (SSSR count). The molecule has 0 bridgehead atoms. The Bertz CT molecular complexity index is 964. The van der Waals surface area contributed by atoms with Crippen LogP contribution in [-0.2, 0) is 7.05 Å². The zero-order valence-corrected chi connectivity index (χ0v) is 14.2. The van der Waals surface area contributed by atoms with Crippen LogP contribution in [0, 0.1) is 18.3 Å². The summed E-state index contributed by atoms with van der Waals surface area (Å²) in [6, 6.07) is 11.5. The van der Waals surface area contributed by atoms with Gasteiger partial charge in [-0.15, -0.1) is 5.10 Å². The molecule has 1 aromatic carbocycles. The Morgan fingerprint density at radius 2 is 2.00 bits per heavy atom. The second kappa shape index (κ2) is 6.33. The lowest BCUT2D eigenvalue weighted by atomic mass is 10.3. The molecule has 0 N–H and O–H groups in total. The van der Waals surface area contributed by atoms with Crippen LogP contribution in [0.4, 0.5) is 0 Å². The normalized spacial score (nSPS) is 12.1. The van der Waals surface area contributed by atoms with Crippen molar-refractivity contribution in [3.8, 4) is 17.4 Å². The van der Waals surface area contributed by atoms with E-state index < -0.39 is 0 Å². The van der Waals surface area contributed by atoms with Crippen LogP contribution in [0.3, 0.4) is 0 Å². The Labute approximate surface area is 142 Å². The van der Waals surface area contributed by atoms with Gasteiger partial charge in [-0.3, -0.25) is 9.48 Å². The predicted octanol–water partition coefficient (Wildman–Crippen LogP) is 1.46. The molecule has 0 saturated carbocycles. The molecule has 0 radical (unpaired) electrons. The molecule has 8 nitrogen and oxygen atoms in total. The average Bonchev–Trinajstić information content (AvgIpc) is 3.11. The summed E-state index contributed by atoms with van der Waals surface area (Å²) in [5.74, 6) is 0. The summed E-state index contributed by atoms with van der Waals surface area (Å²) in [6.07, 6.45) is 0. The van der Waals surface area contributed by atoms with Gasteiger partial charge < -0.3 is 0 Å². The molecule has 0 spiro atoms. The number of tetrazole rings is 1. The first kappa shape index (κ1) is 16.0. The van der Waals surface area contributed by atoms with Gasteiger partial charge in [0.05, 0.1) is 22.7 Å². The van der Waals surface area contributed by atoms with Gasteiger partial charge in [-0.05, 0) is 36.4 Å². The van der Waals surface area contributed by atoms with Crippen LogP contribution in [0.15, 0.2) is 40.3 Å². The Hall–Kier alpha value is -2.86. The van der Waals surface area contributed by atoms with Crippen molar-refractivity contribution in [2.24, 2.45) is 7.05 Å². The number of rotatable bonds is 4. The molecule has 9 heteroatoms. The van der Waals surface area contributed by atoms with Crippen LogP contribution in [0.1, 0.15) is 12.6 Å². The van der Waals surface area contributed by atoms with E-state index in [1.807, 2.05) is 44.3 Å². The summed E-state index contributed by atoms with van der Waals surface area (Å²) in [6.45, 7) is 3.59. The molecule has 122 valence electrons. The minimum atomic E-state index is -0.324. The molecule has 3 aromatic rings. The van der Waals surface area contributed by atoms with Gasteiger partial charge in [0.1, 0.15) is 0 Å². The van der Waals surface area contributed by atoms with E-state index in [4.69, 9.17) is 5.26 Å². The zero-order chi connectivity index (χ0) is 17.3. The monoisotopic (exact) mass is 341 g/mol. The third kappa shape index (κ3) is 2.61.